The number of carbonyl (C=O) groups is 1. The highest BCUT2D eigenvalue weighted by Crippen LogP contribution is 2.52. The number of benzene rings is 2. The van der Waals surface area contributed by atoms with E-state index < -0.39 is 0 Å². The van der Waals surface area contributed by atoms with Gasteiger partial charge < -0.3 is 20.1 Å². The lowest BCUT2D eigenvalue weighted by Crippen LogP contribution is -2.43. The van der Waals surface area contributed by atoms with Crippen LogP contribution in [-0.4, -0.2) is 51.2 Å². The number of nitrogens with two attached hydrogens (primary N) is 1. The fourth-order valence-electron chi connectivity index (χ4n) is 6.47. The molecular formula is C32H30N6O4. The molecule has 0 radical (unpaired) electrons. The van der Waals surface area contributed by atoms with Gasteiger partial charge in [0.1, 0.15) is 34.5 Å². The van der Waals surface area contributed by atoms with Gasteiger partial charge in [-0.3, -0.25) is 13.9 Å². The first-order valence-electron chi connectivity index (χ1n) is 14.2. The summed E-state index contributed by atoms with van der Waals surface area (Å²) in [5.74, 6) is 2.38. The number of rotatable bonds is 6. The van der Waals surface area contributed by atoms with Gasteiger partial charge in [-0.25, -0.2) is 9.78 Å². The van der Waals surface area contributed by atoms with Crippen molar-refractivity contribution >= 4 is 22.8 Å². The van der Waals surface area contributed by atoms with Gasteiger partial charge in [0, 0.05) is 19.3 Å². The predicted octanol–water partition coefficient (Wildman–Crippen LogP) is 4.07. The predicted molar refractivity (Wildman–Crippen MR) is 156 cm³/mol. The molecule has 2 aromatic carbocycles. The van der Waals surface area contributed by atoms with Crippen molar-refractivity contribution in [1.82, 2.24) is 19.0 Å². The highest BCUT2D eigenvalue weighted by molar-refractivity contribution is 5.97. The Morgan fingerprint density at radius 1 is 1.07 bits per heavy atom. The van der Waals surface area contributed by atoms with Gasteiger partial charge in [-0.15, -0.1) is 0 Å². The Labute approximate surface area is 242 Å². The number of para-hydroxylation sites is 1. The van der Waals surface area contributed by atoms with Crippen LogP contribution in [0.3, 0.4) is 0 Å². The average Bonchev–Trinajstić information content (AvgIpc) is 3.29. The van der Waals surface area contributed by atoms with Crippen LogP contribution in [0, 0.1) is 29.1 Å². The maximum Gasteiger partial charge on any atom is 0.334 e. The van der Waals surface area contributed by atoms with E-state index in [0.29, 0.717) is 79.2 Å². The average molecular weight is 563 g/mol. The maximum absolute atomic E-state index is 14.1. The molecule has 7 rings (SSSR count). The van der Waals surface area contributed by atoms with Gasteiger partial charge in [0.25, 0.3) is 5.91 Å². The highest BCUT2D eigenvalue weighted by Gasteiger charge is 2.53. The van der Waals surface area contributed by atoms with E-state index in [1.54, 1.807) is 38.4 Å². The first-order valence-corrected chi connectivity index (χ1v) is 14.2. The van der Waals surface area contributed by atoms with Crippen LogP contribution in [0.1, 0.15) is 18.9 Å². The fourth-order valence-corrected chi connectivity index (χ4v) is 6.47. The molecule has 2 aromatic heterocycles. The van der Waals surface area contributed by atoms with Crippen molar-refractivity contribution in [3.8, 4) is 23.3 Å². The number of piperidine rings is 1. The third-order valence-electron chi connectivity index (χ3n) is 8.66. The Kier molecular flexibility index (Phi) is 6.52. The molecule has 1 saturated carbocycles. The first-order chi connectivity index (χ1) is 20.5. The summed E-state index contributed by atoms with van der Waals surface area (Å²) >= 11 is 0. The van der Waals surface area contributed by atoms with Crippen LogP contribution >= 0.6 is 0 Å². The van der Waals surface area contributed by atoms with E-state index >= 15 is 0 Å². The largest absolute Gasteiger partial charge is 0.457 e. The first kappa shape index (κ1) is 26.0. The van der Waals surface area contributed by atoms with E-state index in [-0.39, 0.29) is 34.9 Å². The molecule has 1 aliphatic carbocycles. The number of fused-ring (bicyclic) bond motifs is 2. The minimum absolute atomic E-state index is 0.177. The summed E-state index contributed by atoms with van der Waals surface area (Å²) in [6.07, 6.45) is 4.85. The lowest BCUT2D eigenvalue weighted by molar-refractivity contribution is -0.128. The Balaban J connectivity index is 1.19. The molecule has 2 unspecified atom stereocenters. The van der Waals surface area contributed by atoms with Crippen molar-refractivity contribution in [3.05, 3.63) is 89.0 Å². The van der Waals surface area contributed by atoms with E-state index in [9.17, 15) is 14.9 Å². The number of hydrogen-bond acceptors (Lipinski definition) is 7. The number of carbonyl (C=O) groups excluding carboxylic acids is 1. The monoisotopic (exact) mass is 562 g/mol. The number of nitrogens with zero attached hydrogens (tertiary/aromatic N) is 5. The molecule has 212 valence electrons. The van der Waals surface area contributed by atoms with Crippen molar-refractivity contribution in [3.63, 3.8) is 0 Å². The molecule has 4 heterocycles. The normalized spacial score (nSPS) is 23.4. The highest BCUT2D eigenvalue weighted by atomic mass is 16.5. The van der Waals surface area contributed by atoms with Crippen molar-refractivity contribution in [1.29, 1.82) is 5.26 Å². The second-order valence-electron chi connectivity index (χ2n) is 11.1. The number of nitriles is 1. The zero-order valence-electron chi connectivity index (χ0n) is 22.9. The third kappa shape index (κ3) is 4.52. The lowest BCUT2D eigenvalue weighted by atomic mass is 10.0. The van der Waals surface area contributed by atoms with Crippen LogP contribution in [0.4, 0.5) is 5.82 Å². The van der Waals surface area contributed by atoms with E-state index in [2.05, 4.69) is 11.1 Å². The minimum Gasteiger partial charge on any atom is -0.457 e. The molecule has 3 aliphatic rings. The van der Waals surface area contributed by atoms with Gasteiger partial charge in [0.2, 0.25) is 0 Å². The number of pyridine rings is 1. The fraction of sp³-hybridized carbons (Fsp3) is 0.312. The Morgan fingerprint density at radius 3 is 2.55 bits per heavy atom. The van der Waals surface area contributed by atoms with Crippen LogP contribution < -0.4 is 16.2 Å². The van der Waals surface area contributed by atoms with E-state index in [1.807, 2.05) is 48.5 Å². The smallest absolute Gasteiger partial charge is 0.334 e. The quantitative estimate of drug-likeness (QED) is 0.277. The molecule has 2 aliphatic heterocycles. The molecular weight excluding hydrogens is 532 g/mol. The molecule has 0 bridgehead atoms. The standard InChI is InChI=1S/C32H30N6O4/c33-16-20(15-25-26-18-41-19-27(25)26)31(39)36-14-4-5-22(17-36)37-28-12-13-35-30(34)29(28)38(32(37)40)21-8-10-24(11-9-21)42-23-6-2-1-3-7-23/h1-3,6-13,15,22,25-27H,4-5,14,17-19H2,(H2,34,35)/b20-15+/t22-,25?,26?,27?/m1/s1. The van der Waals surface area contributed by atoms with E-state index in [0.717, 1.165) is 0 Å². The second-order valence-corrected chi connectivity index (χ2v) is 11.1. The van der Waals surface area contributed by atoms with Gasteiger partial charge in [0.15, 0.2) is 0 Å². The van der Waals surface area contributed by atoms with Gasteiger partial charge >= 0.3 is 5.69 Å². The zero-order valence-corrected chi connectivity index (χ0v) is 22.9. The van der Waals surface area contributed by atoms with Gasteiger partial charge in [0.05, 0.1) is 30.5 Å². The van der Waals surface area contributed by atoms with Gasteiger partial charge in [-0.1, -0.05) is 24.3 Å². The van der Waals surface area contributed by atoms with Crippen molar-refractivity contribution in [2.45, 2.75) is 18.9 Å². The Bertz CT molecular complexity index is 1780. The number of likely N-dealkylation sites (tertiary alicyclic amines) is 1. The molecule has 0 spiro atoms. The molecule has 2 N–H and O–H groups in total. The maximum atomic E-state index is 14.1. The van der Waals surface area contributed by atoms with Crippen LogP contribution in [-0.2, 0) is 9.53 Å². The molecule has 10 nitrogen and oxygen atoms in total. The number of ether oxygens (including phenoxy) is 2. The number of hydrogen-bond donors (Lipinski definition) is 1. The van der Waals surface area contributed by atoms with Crippen molar-refractivity contribution < 1.29 is 14.3 Å². The number of nitrogen functional groups attached to an aromatic ring is 1. The Hall–Kier alpha value is -4.88. The molecule has 2 saturated heterocycles. The Morgan fingerprint density at radius 2 is 1.81 bits per heavy atom. The summed E-state index contributed by atoms with van der Waals surface area (Å²) in [4.78, 5) is 33.5. The topological polar surface area (TPSA) is 128 Å². The van der Waals surface area contributed by atoms with E-state index in [1.165, 1.54) is 0 Å². The number of amides is 1. The van der Waals surface area contributed by atoms with Gasteiger partial charge in [-0.05, 0) is 73.1 Å². The van der Waals surface area contributed by atoms with Crippen LogP contribution in [0.5, 0.6) is 11.5 Å². The molecule has 4 aromatic rings. The minimum atomic E-state index is -0.282. The van der Waals surface area contributed by atoms with Crippen LogP contribution in [0.2, 0.25) is 0 Å². The molecule has 1 amide bonds. The number of aromatic nitrogens is 3. The summed E-state index contributed by atoms with van der Waals surface area (Å²) in [6.45, 7) is 2.25. The number of imidazole rings is 1. The summed E-state index contributed by atoms with van der Waals surface area (Å²) in [5.41, 5.74) is 8.05. The van der Waals surface area contributed by atoms with Crippen molar-refractivity contribution in [2.24, 2.45) is 17.8 Å². The number of allylic oxidation sites excluding steroid dienone is 1. The zero-order chi connectivity index (χ0) is 28.8. The molecule has 3 fully saturated rings. The summed E-state index contributed by atoms with van der Waals surface area (Å²) in [7, 11) is 0. The summed E-state index contributed by atoms with van der Waals surface area (Å²) < 4.78 is 14.7. The second kappa shape index (κ2) is 10.5. The molecule has 42 heavy (non-hydrogen) atoms. The lowest BCUT2D eigenvalue weighted by Gasteiger charge is -2.33. The number of anilines is 1. The third-order valence-corrected chi connectivity index (χ3v) is 8.66. The molecule has 10 heteroatoms. The van der Waals surface area contributed by atoms with Gasteiger partial charge in [-0.2, -0.15) is 5.26 Å². The summed E-state index contributed by atoms with van der Waals surface area (Å²) in [5, 5.41) is 9.81. The van der Waals surface area contributed by atoms with Crippen LogP contribution in [0.25, 0.3) is 16.7 Å². The van der Waals surface area contributed by atoms with E-state index in [4.69, 9.17) is 15.2 Å². The van der Waals surface area contributed by atoms with Crippen molar-refractivity contribution in [2.75, 3.05) is 32.0 Å². The SMILES string of the molecule is N#C/C(=C\C1C2COCC12)C(=O)N1CCC[C@@H](n2c(=O)n(-c3ccc(Oc4ccccc4)cc3)c3c(N)nccc32)C1. The summed E-state index contributed by atoms with van der Waals surface area (Å²) in [6, 6.07) is 20.3. The molecule has 3 atom stereocenters. The van der Waals surface area contributed by atoms with Crippen LogP contribution in [0.15, 0.2) is 83.3 Å².